The van der Waals surface area contributed by atoms with Gasteiger partial charge in [0.25, 0.3) is 0 Å². The van der Waals surface area contributed by atoms with Crippen molar-refractivity contribution in [2.45, 2.75) is 57.2 Å². The topological polar surface area (TPSA) is 35.2 Å². The van der Waals surface area contributed by atoms with E-state index in [0.29, 0.717) is 12.5 Å². The molecule has 1 unspecified atom stereocenters. The molecular weight excluding hydrogens is 231 g/mol. The van der Waals surface area contributed by atoms with Crippen molar-refractivity contribution < 1.29 is 17.9 Å². The van der Waals surface area contributed by atoms with E-state index in [9.17, 15) is 13.2 Å². The van der Waals surface area contributed by atoms with Gasteiger partial charge in [0.05, 0.1) is 6.61 Å². The lowest BCUT2D eigenvalue weighted by atomic mass is 9.84. The van der Waals surface area contributed by atoms with Crippen LogP contribution in [0.25, 0.3) is 0 Å². The van der Waals surface area contributed by atoms with Gasteiger partial charge in [-0.3, -0.25) is 0 Å². The van der Waals surface area contributed by atoms with Crippen LogP contribution < -0.4 is 5.73 Å². The molecule has 0 amide bonds. The third kappa shape index (κ3) is 6.88. The van der Waals surface area contributed by atoms with Crippen molar-refractivity contribution in [1.82, 2.24) is 0 Å². The molecule has 1 aliphatic carbocycles. The van der Waals surface area contributed by atoms with E-state index < -0.39 is 12.6 Å². The van der Waals surface area contributed by atoms with Gasteiger partial charge >= 0.3 is 6.18 Å². The van der Waals surface area contributed by atoms with Crippen LogP contribution in [0.3, 0.4) is 0 Å². The summed E-state index contributed by atoms with van der Waals surface area (Å²) >= 11 is 0. The monoisotopic (exact) mass is 253 g/mol. The van der Waals surface area contributed by atoms with Gasteiger partial charge in [0.1, 0.15) is 0 Å². The van der Waals surface area contributed by atoms with Crippen molar-refractivity contribution in [3.8, 4) is 0 Å². The Morgan fingerprint density at radius 1 is 1.18 bits per heavy atom. The highest BCUT2D eigenvalue weighted by Gasteiger charge is 2.26. The second-order valence-corrected chi connectivity index (χ2v) is 4.86. The fourth-order valence-corrected chi connectivity index (χ4v) is 2.29. The molecule has 2 N–H and O–H groups in total. The van der Waals surface area contributed by atoms with Gasteiger partial charge in [0, 0.05) is 19.1 Å². The van der Waals surface area contributed by atoms with E-state index in [0.717, 1.165) is 12.8 Å². The molecule has 1 fully saturated rings. The van der Waals surface area contributed by atoms with Gasteiger partial charge in [-0.1, -0.05) is 19.3 Å². The van der Waals surface area contributed by atoms with E-state index in [2.05, 4.69) is 0 Å². The van der Waals surface area contributed by atoms with Gasteiger partial charge in [-0.05, 0) is 25.2 Å². The van der Waals surface area contributed by atoms with Gasteiger partial charge < -0.3 is 10.5 Å². The smallest absolute Gasteiger partial charge is 0.380 e. The molecule has 17 heavy (non-hydrogen) atoms. The summed E-state index contributed by atoms with van der Waals surface area (Å²) in [6.07, 6.45) is 1.15. The predicted molar refractivity (Wildman–Crippen MR) is 60.7 cm³/mol. The summed E-state index contributed by atoms with van der Waals surface area (Å²) in [5.74, 6) is 0.492. The van der Waals surface area contributed by atoms with Gasteiger partial charge in [0.15, 0.2) is 0 Å². The van der Waals surface area contributed by atoms with Gasteiger partial charge in [-0.15, -0.1) is 0 Å². The molecule has 0 aromatic carbocycles. The van der Waals surface area contributed by atoms with Crippen LogP contribution in [-0.4, -0.2) is 25.4 Å². The van der Waals surface area contributed by atoms with Gasteiger partial charge in [-0.25, -0.2) is 0 Å². The Kier molecular flexibility index (Phi) is 6.27. The minimum atomic E-state index is -4.07. The number of hydrogen-bond donors (Lipinski definition) is 1. The van der Waals surface area contributed by atoms with Crippen LogP contribution in [0.5, 0.6) is 0 Å². The van der Waals surface area contributed by atoms with Crippen molar-refractivity contribution >= 4 is 0 Å². The Balaban J connectivity index is 2.01. The molecule has 2 nitrogen and oxygen atoms in total. The first-order valence-electron chi connectivity index (χ1n) is 6.39. The number of alkyl halides is 3. The summed E-state index contributed by atoms with van der Waals surface area (Å²) in [5, 5.41) is 0. The van der Waals surface area contributed by atoms with E-state index >= 15 is 0 Å². The summed E-state index contributed by atoms with van der Waals surface area (Å²) in [6.45, 7) is 0.544. The molecule has 1 rings (SSSR count). The van der Waals surface area contributed by atoms with E-state index in [1.165, 1.54) is 19.3 Å². The zero-order valence-electron chi connectivity index (χ0n) is 10.1. The normalized spacial score (nSPS) is 20.5. The highest BCUT2D eigenvalue weighted by atomic mass is 19.4. The lowest BCUT2D eigenvalue weighted by Crippen LogP contribution is -2.36. The average molecular weight is 253 g/mol. The van der Waals surface area contributed by atoms with Crippen LogP contribution in [0.1, 0.15) is 44.9 Å². The highest BCUT2D eigenvalue weighted by molar-refractivity contribution is 4.76. The number of ether oxygens (including phenoxy) is 1. The zero-order valence-corrected chi connectivity index (χ0v) is 10.1. The van der Waals surface area contributed by atoms with Crippen molar-refractivity contribution in [3.05, 3.63) is 0 Å². The molecule has 0 spiro atoms. The number of halogens is 3. The second-order valence-electron chi connectivity index (χ2n) is 4.86. The fourth-order valence-electron chi connectivity index (χ4n) is 2.29. The Labute approximate surface area is 101 Å². The van der Waals surface area contributed by atoms with Gasteiger partial charge in [-0.2, -0.15) is 13.2 Å². The summed E-state index contributed by atoms with van der Waals surface area (Å²) in [5.41, 5.74) is 5.97. The maximum Gasteiger partial charge on any atom is 0.389 e. The Morgan fingerprint density at radius 2 is 1.82 bits per heavy atom. The van der Waals surface area contributed by atoms with Crippen molar-refractivity contribution in [1.29, 1.82) is 0 Å². The van der Waals surface area contributed by atoms with Crippen molar-refractivity contribution in [3.63, 3.8) is 0 Å². The molecule has 0 saturated heterocycles. The first-order valence-corrected chi connectivity index (χ1v) is 6.39. The molecule has 1 atom stereocenters. The molecule has 5 heteroatoms. The molecule has 0 aliphatic heterocycles. The minimum Gasteiger partial charge on any atom is -0.380 e. The van der Waals surface area contributed by atoms with E-state index in [4.69, 9.17) is 10.5 Å². The molecule has 1 saturated carbocycles. The molecule has 0 radical (unpaired) electrons. The van der Waals surface area contributed by atoms with Crippen LogP contribution in [0.4, 0.5) is 13.2 Å². The third-order valence-electron chi connectivity index (χ3n) is 3.31. The maximum atomic E-state index is 11.9. The lowest BCUT2D eigenvalue weighted by molar-refractivity contribution is -0.138. The Bertz CT molecular complexity index is 202. The lowest BCUT2D eigenvalue weighted by Gasteiger charge is -2.27. The van der Waals surface area contributed by atoms with Crippen LogP contribution in [-0.2, 0) is 4.74 Å². The first kappa shape index (κ1) is 14.8. The Morgan fingerprint density at radius 3 is 2.41 bits per heavy atom. The van der Waals surface area contributed by atoms with Crippen molar-refractivity contribution in [2.24, 2.45) is 11.7 Å². The largest absolute Gasteiger partial charge is 0.389 e. The van der Waals surface area contributed by atoms with Gasteiger partial charge in [0.2, 0.25) is 0 Å². The Hall–Kier alpha value is -0.290. The fraction of sp³-hybridized carbons (Fsp3) is 1.00. The maximum absolute atomic E-state index is 11.9. The van der Waals surface area contributed by atoms with Crippen molar-refractivity contribution in [2.75, 3.05) is 13.2 Å². The number of hydrogen-bond acceptors (Lipinski definition) is 2. The zero-order chi connectivity index (χ0) is 12.7. The molecule has 0 aromatic rings. The van der Waals surface area contributed by atoms with Crippen LogP contribution >= 0.6 is 0 Å². The molecule has 0 aromatic heterocycles. The minimum absolute atomic E-state index is 0.0128. The first-order chi connectivity index (χ1) is 7.99. The molecule has 0 bridgehead atoms. The SMILES string of the molecule is NC(COCCCC(F)(F)F)C1CCCCC1. The van der Waals surface area contributed by atoms with Crippen LogP contribution in [0, 0.1) is 5.92 Å². The third-order valence-corrected chi connectivity index (χ3v) is 3.31. The van der Waals surface area contributed by atoms with E-state index in [1.807, 2.05) is 0 Å². The number of rotatable bonds is 6. The standard InChI is InChI=1S/C12H22F3NO/c13-12(14,15)7-4-8-17-9-11(16)10-5-2-1-3-6-10/h10-11H,1-9,16H2. The van der Waals surface area contributed by atoms with Crippen LogP contribution in [0.2, 0.25) is 0 Å². The predicted octanol–water partition coefficient (Wildman–Crippen LogP) is 3.25. The summed E-state index contributed by atoms with van der Waals surface area (Å²) < 4.78 is 40.8. The molecule has 0 heterocycles. The average Bonchev–Trinajstić information content (AvgIpc) is 2.28. The van der Waals surface area contributed by atoms with E-state index in [1.54, 1.807) is 0 Å². The molecular formula is C12H22F3NO. The second kappa shape index (κ2) is 7.21. The molecule has 102 valence electrons. The summed E-state index contributed by atoms with van der Waals surface area (Å²) in [7, 11) is 0. The highest BCUT2D eigenvalue weighted by Crippen LogP contribution is 2.26. The van der Waals surface area contributed by atoms with E-state index in [-0.39, 0.29) is 19.1 Å². The summed E-state index contributed by atoms with van der Waals surface area (Å²) in [4.78, 5) is 0. The van der Waals surface area contributed by atoms with Crippen LogP contribution in [0.15, 0.2) is 0 Å². The quantitative estimate of drug-likeness (QED) is 0.737. The number of nitrogens with two attached hydrogens (primary N) is 1. The molecule has 1 aliphatic rings. The summed E-state index contributed by atoms with van der Waals surface area (Å²) in [6, 6.07) is -0.0128.